The predicted molar refractivity (Wildman–Crippen MR) is 59.6 cm³/mol. The minimum atomic E-state index is 0.249. The zero-order valence-corrected chi connectivity index (χ0v) is 9.15. The number of hydrogen-bond acceptors (Lipinski definition) is 4. The maximum Gasteiger partial charge on any atom is 0.231 e. The molecule has 1 aromatic heterocycles. The number of rotatable bonds is 1. The zero-order chi connectivity index (χ0) is 11.8. The lowest BCUT2D eigenvalue weighted by molar-refractivity contribution is 0.174. The molecule has 1 aliphatic heterocycles. The molecule has 5 heteroatoms. The Balaban J connectivity index is 2.07. The molecule has 0 spiro atoms. The summed E-state index contributed by atoms with van der Waals surface area (Å²) in [6.07, 6.45) is 0. The number of H-pyrrole nitrogens is 1. The molecule has 0 saturated heterocycles. The fraction of sp³-hybridized carbons (Fsp3) is 0.167. The van der Waals surface area contributed by atoms with E-state index in [2.05, 4.69) is 9.97 Å². The molecule has 2 aromatic rings. The van der Waals surface area contributed by atoms with Gasteiger partial charge in [-0.3, -0.25) is 0 Å². The van der Waals surface area contributed by atoms with Crippen LogP contribution in [0.3, 0.4) is 0 Å². The van der Waals surface area contributed by atoms with Gasteiger partial charge >= 0.3 is 0 Å². The summed E-state index contributed by atoms with van der Waals surface area (Å²) >= 11 is 0. The Morgan fingerprint density at radius 1 is 1.35 bits per heavy atom. The highest BCUT2D eigenvalue weighted by atomic mass is 16.7. The number of hydrogen-bond donors (Lipinski definition) is 1. The lowest BCUT2D eigenvalue weighted by Gasteiger charge is -1.99. The van der Waals surface area contributed by atoms with Gasteiger partial charge in [-0.2, -0.15) is 5.26 Å². The van der Waals surface area contributed by atoms with Crippen molar-refractivity contribution in [1.29, 1.82) is 5.26 Å². The molecule has 0 aliphatic carbocycles. The minimum absolute atomic E-state index is 0.249. The summed E-state index contributed by atoms with van der Waals surface area (Å²) in [6.45, 7) is 2.07. The van der Waals surface area contributed by atoms with E-state index >= 15 is 0 Å². The lowest BCUT2D eigenvalue weighted by Crippen LogP contribution is -1.92. The van der Waals surface area contributed by atoms with E-state index in [-0.39, 0.29) is 6.79 Å². The van der Waals surface area contributed by atoms with Crippen LogP contribution in [0.25, 0.3) is 11.4 Å². The third-order valence-electron chi connectivity index (χ3n) is 2.64. The molecule has 0 bridgehead atoms. The molecular formula is C12H9N3O2. The number of benzene rings is 1. The van der Waals surface area contributed by atoms with Crippen LogP contribution in [0, 0.1) is 18.3 Å². The SMILES string of the molecule is Cc1[nH]c(-c2ccc3c(c2)OCO3)nc1C#N. The van der Waals surface area contributed by atoms with Crippen molar-refractivity contribution in [1.82, 2.24) is 9.97 Å². The van der Waals surface area contributed by atoms with Crippen LogP contribution in [0.5, 0.6) is 11.5 Å². The standard InChI is InChI=1S/C12H9N3O2/c1-7-9(5-13)15-12(14-7)8-2-3-10-11(4-8)17-6-16-10/h2-4H,6H2,1H3,(H,14,15). The molecule has 0 saturated carbocycles. The van der Waals surface area contributed by atoms with Crippen molar-refractivity contribution >= 4 is 0 Å². The molecule has 0 amide bonds. The molecule has 3 rings (SSSR count). The van der Waals surface area contributed by atoms with Gasteiger partial charge in [-0.1, -0.05) is 0 Å². The van der Waals surface area contributed by atoms with Gasteiger partial charge in [-0.05, 0) is 25.1 Å². The number of aryl methyl sites for hydroxylation is 1. The second kappa shape index (κ2) is 3.52. The van der Waals surface area contributed by atoms with Gasteiger partial charge in [-0.15, -0.1) is 0 Å². The van der Waals surface area contributed by atoms with Crippen molar-refractivity contribution in [3.8, 4) is 29.0 Å². The van der Waals surface area contributed by atoms with Crippen LogP contribution in [-0.4, -0.2) is 16.8 Å². The first kappa shape index (κ1) is 9.73. The molecule has 0 atom stereocenters. The van der Waals surface area contributed by atoms with Crippen LogP contribution >= 0.6 is 0 Å². The van der Waals surface area contributed by atoms with Gasteiger partial charge in [0.2, 0.25) is 6.79 Å². The predicted octanol–water partition coefficient (Wildman–Crippen LogP) is 1.99. The molecular weight excluding hydrogens is 218 g/mol. The van der Waals surface area contributed by atoms with Gasteiger partial charge in [-0.25, -0.2) is 4.98 Å². The zero-order valence-electron chi connectivity index (χ0n) is 9.15. The number of nitrogens with one attached hydrogen (secondary N) is 1. The Labute approximate surface area is 97.6 Å². The maximum absolute atomic E-state index is 8.86. The van der Waals surface area contributed by atoms with E-state index in [1.165, 1.54) is 0 Å². The summed E-state index contributed by atoms with van der Waals surface area (Å²) in [5.41, 5.74) is 2.05. The summed E-state index contributed by atoms with van der Waals surface area (Å²) in [5.74, 6) is 2.10. The molecule has 2 heterocycles. The van der Waals surface area contributed by atoms with Crippen molar-refractivity contribution < 1.29 is 9.47 Å². The summed E-state index contributed by atoms with van der Waals surface area (Å²) in [6, 6.07) is 7.61. The first-order valence-corrected chi connectivity index (χ1v) is 5.14. The summed E-state index contributed by atoms with van der Waals surface area (Å²) < 4.78 is 10.5. The average Bonchev–Trinajstić information content (AvgIpc) is 2.93. The van der Waals surface area contributed by atoms with E-state index in [1.807, 2.05) is 31.2 Å². The molecule has 5 nitrogen and oxygen atoms in total. The van der Waals surface area contributed by atoms with Crippen LogP contribution in [-0.2, 0) is 0 Å². The van der Waals surface area contributed by atoms with Gasteiger partial charge in [0.05, 0.1) is 5.69 Å². The van der Waals surface area contributed by atoms with E-state index in [1.54, 1.807) is 0 Å². The average molecular weight is 227 g/mol. The number of fused-ring (bicyclic) bond motifs is 1. The van der Waals surface area contributed by atoms with Crippen molar-refractivity contribution in [2.45, 2.75) is 6.92 Å². The quantitative estimate of drug-likeness (QED) is 0.808. The second-order valence-electron chi connectivity index (χ2n) is 3.74. The first-order valence-electron chi connectivity index (χ1n) is 5.14. The van der Waals surface area contributed by atoms with Crippen molar-refractivity contribution in [2.75, 3.05) is 6.79 Å². The molecule has 0 unspecified atom stereocenters. The van der Waals surface area contributed by atoms with Gasteiger partial charge < -0.3 is 14.5 Å². The molecule has 84 valence electrons. The number of ether oxygens (including phenoxy) is 2. The van der Waals surface area contributed by atoms with Gasteiger partial charge in [0.25, 0.3) is 0 Å². The fourth-order valence-corrected chi connectivity index (χ4v) is 1.75. The number of nitrogens with zero attached hydrogens (tertiary/aromatic N) is 2. The molecule has 0 fully saturated rings. The highest BCUT2D eigenvalue weighted by Gasteiger charge is 2.15. The molecule has 0 radical (unpaired) electrons. The highest BCUT2D eigenvalue weighted by Crippen LogP contribution is 2.35. The second-order valence-corrected chi connectivity index (χ2v) is 3.74. The van der Waals surface area contributed by atoms with Crippen LogP contribution in [0.15, 0.2) is 18.2 Å². The number of aromatic nitrogens is 2. The Hall–Kier alpha value is -2.48. The number of imidazole rings is 1. The third kappa shape index (κ3) is 1.51. The Bertz CT molecular complexity index is 625. The van der Waals surface area contributed by atoms with E-state index in [0.717, 1.165) is 17.0 Å². The Morgan fingerprint density at radius 3 is 2.94 bits per heavy atom. The smallest absolute Gasteiger partial charge is 0.231 e. The van der Waals surface area contributed by atoms with E-state index in [9.17, 15) is 0 Å². The minimum Gasteiger partial charge on any atom is -0.454 e. The third-order valence-corrected chi connectivity index (χ3v) is 2.64. The summed E-state index contributed by atoms with van der Waals surface area (Å²) in [4.78, 5) is 7.28. The monoisotopic (exact) mass is 227 g/mol. The van der Waals surface area contributed by atoms with Crippen LogP contribution < -0.4 is 9.47 Å². The van der Waals surface area contributed by atoms with Gasteiger partial charge in [0.1, 0.15) is 11.9 Å². The molecule has 1 N–H and O–H groups in total. The van der Waals surface area contributed by atoms with E-state index in [4.69, 9.17) is 14.7 Å². The van der Waals surface area contributed by atoms with Crippen LogP contribution in [0.2, 0.25) is 0 Å². The number of aromatic amines is 1. The number of nitriles is 1. The summed E-state index contributed by atoms with van der Waals surface area (Å²) in [5, 5.41) is 8.86. The summed E-state index contributed by atoms with van der Waals surface area (Å²) in [7, 11) is 0. The van der Waals surface area contributed by atoms with Crippen molar-refractivity contribution in [3.63, 3.8) is 0 Å². The Morgan fingerprint density at radius 2 is 2.18 bits per heavy atom. The maximum atomic E-state index is 8.86. The van der Waals surface area contributed by atoms with Gasteiger partial charge in [0, 0.05) is 5.56 Å². The lowest BCUT2D eigenvalue weighted by atomic mass is 10.2. The first-order chi connectivity index (χ1) is 8.28. The molecule has 1 aromatic carbocycles. The Kier molecular flexibility index (Phi) is 2.02. The fourth-order valence-electron chi connectivity index (χ4n) is 1.75. The van der Waals surface area contributed by atoms with Crippen molar-refractivity contribution in [3.05, 3.63) is 29.6 Å². The van der Waals surface area contributed by atoms with E-state index < -0.39 is 0 Å². The van der Waals surface area contributed by atoms with Crippen LogP contribution in [0.1, 0.15) is 11.4 Å². The van der Waals surface area contributed by atoms with Gasteiger partial charge in [0.15, 0.2) is 17.2 Å². The normalized spacial score (nSPS) is 12.5. The van der Waals surface area contributed by atoms with E-state index in [0.29, 0.717) is 17.3 Å². The molecule has 17 heavy (non-hydrogen) atoms. The largest absolute Gasteiger partial charge is 0.454 e. The van der Waals surface area contributed by atoms with Crippen LogP contribution in [0.4, 0.5) is 0 Å². The molecule has 1 aliphatic rings. The highest BCUT2D eigenvalue weighted by molar-refractivity contribution is 5.62. The topological polar surface area (TPSA) is 70.9 Å². The van der Waals surface area contributed by atoms with Crippen molar-refractivity contribution in [2.24, 2.45) is 0 Å².